The lowest BCUT2D eigenvalue weighted by Gasteiger charge is -2.34. The number of aryl methyl sites for hydroxylation is 1. The Kier molecular flexibility index (Phi) is 2.68. The molecule has 0 N–H and O–H groups in total. The lowest BCUT2D eigenvalue weighted by Crippen LogP contribution is -2.54. The van der Waals surface area contributed by atoms with Crippen molar-refractivity contribution in [2.75, 3.05) is 13.2 Å². The summed E-state index contributed by atoms with van der Waals surface area (Å²) in [6.45, 7) is 1.23. The van der Waals surface area contributed by atoms with Crippen molar-refractivity contribution in [1.82, 2.24) is 0 Å². The first kappa shape index (κ1) is 12.0. The maximum atomic E-state index is 12.9. The van der Waals surface area contributed by atoms with Crippen molar-refractivity contribution in [3.63, 3.8) is 0 Å². The number of halogens is 1. The molecule has 0 unspecified atom stereocenters. The Labute approximate surface area is 98.5 Å². The number of rotatable bonds is 2. The molecule has 90 valence electrons. The normalized spacial score (nSPS) is 18.2. The van der Waals surface area contributed by atoms with E-state index in [1.165, 1.54) is 13.0 Å². The van der Waals surface area contributed by atoms with Crippen LogP contribution in [0.1, 0.15) is 5.56 Å². The highest BCUT2D eigenvalue weighted by Crippen LogP contribution is 2.33. The molecule has 2 rings (SSSR count). The van der Waals surface area contributed by atoms with Crippen molar-refractivity contribution in [2.24, 2.45) is 0 Å². The average Bonchev–Trinajstić information content (AvgIpc) is 2.15. The first-order valence-corrected chi connectivity index (χ1v) is 6.41. The highest BCUT2D eigenvalue weighted by molar-refractivity contribution is 7.93. The lowest BCUT2D eigenvalue weighted by molar-refractivity contribution is 0.0115. The summed E-state index contributed by atoms with van der Waals surface area (Å²) in [5.74, 6) is -0.502. The summed E-state index contributed by atoms with van der Waals surface area (Å²) in [6, 6.07) is 5.19. The van der Waals surface area contributed by atoms with Crippen LogP contribution in [0.3, 0.4) is 0 Å². The van der Waals surface area contributed by atoms with Gasteiger partial charge >= 0.3 is 0 Å². The van der Waals surface area contributed by atoms with E-state index >= 15 is 0 Å². The molecule has 1 aliphatic rings. The first-order valence-electron chi connectivity index (χ1n) is 4.93. The Hall–Kier alpha value is -1.45. The maximum absolute atomic E-state index is 12.9. The number of sulfone groups is 1. The van der Waals surface area contributed by atoms with Gasteiger partial charge in [-0.1, -0.05) is 0 Å². The minimum absolute atomic E-state index is 0.0104. The van der Waals surface area contributed by atoms with Crippen LogP contribution in [0.25, 0.3) is 0 Å². The van der Waals surface area contributed by atoms with Crippen LogP contribution in [0.2, 0.25) is 0 Å². The molecule has 0 amide bonds. The quantitative estimate of drug-likeness (QED) is 0.745. The highest BCUT2D eigenvalue weighted by Gasteiger charge is 2.52. The number of nitrogens with zero attached hydrogens (tertiary/aromatic N) is 1. The molecule has 1 fully saturated rings. The summed E-state index contributed by atoms with van der Waals surface area (Å²) < 4.78 is 40.8. The van der Waals surface area contributed by atoms with Gasteiger partial charge in [0.15, 0.2) is 0 Å². The van der Waals surface area contributed by atoms with Gasteiger partial charge in [0.2, 0.25) is 14.6 Å². The summed E-state index contributed by atoms with van der Waals surface area (Å²) in [4.78, 5) is -0.0104. The molecule has 6 heteroatoms. The van der Waals surface area contributed by atoms with Crippen molar-refractivity contribution in [3.05, 3.63) is 29.6 Å². The van der Waals surface area contributed by atoms with Gasteiger partial charge in [-0.3, -0.25) is 0 Å². The van der Waals surface area contributed by atoms with Gasteiger partial charge in [-0.2, -0.15) is 5.26 Å². The molecule has 0 radical (unpaired) electrons. The number of benzene rings is 1. The Morgan fingerprint density at radius 3 is 2.53 bits per heavy atom. The molecule has 1 saturated heterocycles. The molecule has 4 nitrogen and oxygen atoms in total. The van der Waals surface area contributed by atoms with Crippen LogP contribution in [-0.4, -0.2) is 26.4 Å². The Bertz CT molecular complexity index is 600. The summed E-state index contributed by atoms with van der Waals surface area (Å²) in [7, 11) is -3.81. The van der Waals surface area contributed by atoms with Gasteiger partial charge in [-0.15, -0.1) is 0 Å². The van der Waals surface area contributed by atoms with E-state index in [1.807, 2.05) is 0 Å². The molecule has 1 heterocycles. The van der Waals surface area contributed by atoms with E-state index in [9.17, 15) is 12.8 Å². The zero-order chi connectivity index (χ0) is 12.7. The Balaban J connectivity index is 2.57. The second-order valence-corrected chi connectivity index (χ2v) is 6.24. The van der Waals surface area contributed by atoms with Crippen LogP contribution >= 0.6 is 0 Å². The SMILES string of the molecule is Cc1cc(F)ccc1S(=O)(=O)C1(C#N)COC1. The summed E-state index contributed by atoms with van der Waals surface area (Å²) in [5.41, 5.74) is 0.298. The molecule has 1 aromatic carbocycles. The van der Waals surface area contributed by atoms with E-state index in [0.29, 0.717) is 5.56 Å². The van der Waals surface area contributed by atoms with Crippen molar-refractivity contribution >= 4 is 9.84 Å². The molecule has 17 heavy (non-hydrogen) atoms. The molecular weight excluding hydrogens is 245 g/mol. The van der Waals surface area contributed by atoms with Gasteiger partial charge in [-0.25, -0.2) is 12.8 Å². The highest BCUT2D eigenvalue weighted by atomic mass is 32.2. The second-order valence-electron chi connectivity index (χ2n) is 4.01. The number of hydrogen-bond donors (Lipinski definition) is 0. The van der Waals surface area contributed by atoms with E-state index in [0.717, 1.165) is 12.1 Å². The molecule has 0 spiro atoms. The van der Waals surface area contributed by atoms with E-state index in [-0.39, 0.29) is 18.1 Å². The fourth-order valence-electron chi connectivity index (χ4n) is 1.69. The number of ether oxygens (including phenoxy) is 1. The van der Waals surface area contributed by atoms with Crippen LogP contribution in [0.15, 0.2) is 23.1 Å². The molecule has 0 atom stereocenters. The third-order valence-electron chi connectivity index (χ3n) is 2.82. The van der Waals surface area contributed by atoms with Gasteiger partial charge in [0.05, 0.1) is 24.2 Å². The van der Waals surface area contributed by atoms with Crippen LogP contribution < -0.4 is 0 Å². The fraction of sp³-hybridized carbons (Fsp3) is 0.364. The standard InChI is InChI=1S/C11H10FNO3S/c1-8-4-9(12)2-3-10(8)17(14,15)11(5-13)6-16-7-11/h2-4H,6-7H2,1H3. The topological polar surface area (TPSA) is 67.2 Å². The van der Waals surface area contributed by atoms with Crippen LogP contribution in [0, 0.1) is 24.1 Å². The lowest BCUT2D eigenvalue weighted by atomic mass is 10.1. The third kappa shape index (κ3) is 1.63. The van der Waals surface area contributed by atoms with Crippen LogP contribution in [-0.2, 0) is 14.6 Å². The molecule has 0 saturated carbocycles. The molecule has 1 aliphatic heterocycles. The van der Waals surface area contributed by atoms with Crippen molar-refractivity contribution in [2.45, 2.75) is 16.6 Å². The van der Waals surface area contributed by atoms with Gasteiger partial charge in [0.1, 0.15) is 5.82 Å². The van der Waals surface area contributed by atoms with E-state index < -0.39 is 20.4 Å². The molecule has 0 bridgehead atoms. The first-order chi connectivity index (χ1) is 7.93. The zero-order valence-corrected chi connectivity index (χ0v) is 9.92. The zero-order valence-electron chi connectivity index (χ0n) is 9.10. The number of hydrogen-bond acceptors (Lipinski definition) is 4. The van der Waals surface area contributed by atoms with E-state index in [4.69, 9.17) is 10.00 Å². The predicted molar refractivity (Wildman–Crippen MR) is 57.5 cm³/mol. The average molecular weight is 255 g/mol. The van der Waals surface area contributed by atoms with Crippen molar-refractivity contribution < 1.29 is 17.5 Å². The van der Waals surface area contributed by atoms with Crippen LogP contribution in [0.4, 0.5) is 4.39 Å². The monoisotopic (exact) mass is 255 g/mol. The summed E-state index contributed by atoms with van der Waals surface area (Å²) in [6.07, 6.45) is 0. The van der Waals surface area contributed by atoms with Crippen molar-refractivity contribution in [1.29, 1.82) is 5.26 Å². The molecular formula is C11H10FNO3S. The third-order valence-corrected chi connectivity index (χ3v) is 5.21. The minimum Gasteiger partial charge on any atom is -0.376 e. The predicted octanol–water partition coefficient (Wildman–Crippen LogP) is 1.20. The largest absolute Gasteiger partial charge is 0.376 e. The Morgan fingerprint density at radius 2 is 2.12 bits per heavy atom. The fourth-order valence-corrected chi connectivity index (χ4v) is 3.44. The van der Waals surface area contributed by atoms with Gasteiger partial charge in [0, 0.05) is 0 Å². The Morgan fingerprint density at radius 1 is 1.47 bits per heavy atom. The van der Waals surface area contributed by atoms with E-state index in [2.05, 4.69) is 0 Å². The molecule has 0 aliphatic carbocycles. The van der Waals surface area contributed by atoms with Crippen LogP contribution in [0.5, 0.6) is 0 Å². The minimum atomic E-state index is -3.81. The second kappa shape index (κ2) is 3.79. The summed E-state index contributed by atoms with van der Waals surface area (Å²) in [5, 5.41) is 9.00. The van der Waals surface area contributed by atoms with Gasteiger partial charge in [0.25, 0.3) is 0 Å². The smallest absolute Gasteiger partial charge is 0.208 e. The molecule has 1 aromatic rings. The molecule has 0 aromatic heterocycles. The summed E-state index contributed by atoms with van der Waals surface area (Å²) >= 11 is 0. The maximum Gasteiger partial charge on any atom is 0.208 e. The van der Waals surface area contributed by atoms with Gasteiger partial charge < -0.3 is 4.74 Å². The van der Waals surface area contributed by atoms with Crippen molar-refractivity contribution in [3.8, 4) is 6.07 Å². The van der Waals surface area contributed by atoms with E-state index in [1.54, 1.807) is 6.07 Å². The van der Waals surface area contributed by atoms with Gasteiger partial charge in [-0.05, 0) is 30.7 Å². The number of nitriles is 1.